The minimum atomic E-state index is -0.287. The largest absolute Gasteiger partial charge is 0.198 e. The van der Waals surface area contributed by atoms with E-state index in [4.69, 9.17) is 0 Å². The number of allylic oxidation sites excluding steroid dienone is 4. The van der Waals surface area contributed by atoms with E-state index < -0.39 is 0 Å². The van der Waals surface area contributed by atoms with Crippen LogP contribution in [0, 0.1) is 16.7 Å². The summed E-state index contributed by atoms with van der Waals surface area (Å²) in [4.78, 5) is 0. The van der Waals surface area contributed by atoms with E-state index in [1.807, 2.05) is 27.7 Å². The molecule has 0 bridgehead atoms. The molecule has 0 heterocycles. The maximum absolute atomic E-state index is 9.36. The lowest BCUT2D eigenvalue weighted by Gasteiger charge is -2.23. The van der Waals surface area contributed by atoms with Gasteiger partial charge in [-0.25, -0.2) is 0 Å². The van der Waals surface area contributed by atoms with Crippen LogP contribution in [0.5, 0.6) is 0 Å². The number of rotatable bonds is 8. The monoisotopic (exact) mass is 339 g/mol. The Bertz CT molecular complexity index is 566. The summed E-state index contributed by atoms with van der Waals surface area (Å²) in [5.74, 6) is 0.407. The van der Waals surface area contributed by atoms with Crippen molar-refractivity contribution in [3.8, 4) is 6.07 Å². The molecule has 25 heavy (non-hydrogen) atoms. The van der Waals surface area contributed by atoms with Crippen LogP contribution in [-0.2, 0) is 0 Å². The zero-order chi connectivity index (χ0) is 19.3. The van der Waals surface area contributed by atoms with Crippen LogP contribution in [-0.4, -0.2) is 0 Å². The van der Waals surface area contributed by atoms with Gasteiger partial charge in [-0.15, -0.1) is 0 Å². The molecule has 0 saturated heterocycles. The Kier molecular flexibility index (Phi) is 11.6. The molecule has 0 saturated carbocycles. The van der Waals surface area contributed by atoms with Gasteiger partial charge < -0.3 is 0 Å². The Balaban J connectivity index is 0.00000277. The van der Waals surface area contributed by atoms with Crippen molar-refractivity contribution in [2.75, 3.05) is 0 Å². The number of nitrogens with zero attached hydrogens (tertiary/aromatic N) is 1. The van der Waals surface area contributed by atoms with Gasteiger partial charge in [0.1, 0.15) is 0 Å². The maximum atomic E-state index is 9.36. The average molecular weight is 340 g/mol. The van der Waals surface area contributed by atoms with E-state index in [2.05, 4.69) is 69.3 Å². The molecule has 1 atom stereocenters. The Hall–Kier alpha value is -1.81. The molecule has 0 aliphatic carbocycles. The van der Waals surface area contributed by atoms with Gasteiger partial charge in [-0.3, -0.25) is 0 Å². The zero-order valence-corrected chi connectivity index (χ0v) is 17.4. The maximum Gasteiger partial charge on any atom is 0.0684 e. The number of nitriles is 1. The van der Waals surface area contributed by atoms with E-state index >= 15 is 0 Å². The van der Waals surface area contributed by atoms with Crippen LogP contribution in [0.3, 0.4) is 0 Å². The zero-order valence-electron chi connectivity index (χ0n) is 17.4. The van der Waals surface area contributed by atoms with Crippen molar-refractivity contribution in [1.82, 2.24) is 0 Å². The molecule has 0 aromatic heterocycles. The molecule has 1 heteroatoms. The van der Waals surface area contributed by atoms with Crippen molar-refractivity contribution >= 4 is 0 Å². The molecule has 0 fully saturated rings. The third-order valence-corrected chi connectivity index (χ3v) is 4.17. The predicted molar refractivity (Wildman–Crippen MR) is 112 cm³/mol. The normalized spacial score (nSPS) is 12.5. The summed E-state index contributed by atoms with van der Waals surface area (Å²) < 4.78 is 0. The van der Waals surface area contributed by atoms with E-state index in [0.717, 1.165) is 25.7 Å². The summed E-state index contributed by atoms with van der Waals surface area (Å²) in [6.45, 7) is 14.6. The average Bonchev–Trinajstić information content (AvgIpc) is 2.60. The van der Waals surface area contributed by atoms with Gasteiger partial charge >= 0.3 is 0 Å². The van der Waals surface area contributed by atoms with Gasteiger partial charge in [0.05, 0.1) is 11.5 Å². The fourth-order valence-electron chi connectivity index (χ4n) is 2.76. The highest BCUT2D eigenvalue weighted by Gasteiger charge is 2.23. The first kappa shape index (κ1) is 23.2. The van der Waals surface area contributed by atoms with Crippen molar-refractivity contribution in [2.24, 2.45) is 5.41 Å². The Morgan fingerprint density at radius 3 is 2.20 bits per heavy atom. The van der Waals surface area contributed by atoms with E-state index in [0.29, 0.717) is 5.92 Å². The molecule has 1 unspecified atom stereocenters. The highest BCUT2D eigenvalue weighted by Crippen LogP contribution is 2.34. The second-order valence-electron chi connectivity index (χ2n) is 7.41. The molecule has 138 valence electrons. The van der Waals surface area contributed by atoms with Crippen molar-refractivity contribution < 1.29 is 0 Å². The summed E-state index contributed by atoms with van der Waals surface area (Å²) in [5.41, 5.74) is 3.88. The molecule has 1 aromatic carbocycles. The lowest BCUT2D eigenvalue weighted by Crippen LogP contribution is -2.13. The second-order valence-corrected chi connectivity index (χ2v) is 7.41. The Morgan fingerprint density at radius 1 is 1.08 bits per heavy atom. The van der Waals surface area contributed by atoms with E-state index in [-0.39, 0.29) is 5.41 Å². The second kappa shape index (κ2) is 12.5. The fourth-order valence-corrected chi connectivity index (χ4v) is 2.76. The van der Waals surface area contributed by atoms with Gasteiger partial charge in [0.15, 0.2) is 0 Å². The summed E-state index contributed by atoms with van der Waals surface area (Å²) in [6.07, 6.45) is 8.80. The topological polar surface area (TPSA) is 23.8 Å². The van der Waals surface area contributed by atoms with E-state index in [1.54, 1.807) is 0 Å². The Morgan fingerprint density at radius 2 is 1.68 bits per heavy atom. The van der Waals surface area contributed by atoms with Crippen LogP contribution in [0.4, 0.5) is 0 Å². The number of hydrogen-bond acceptors (Lipinski definition) is 1. The van der Waals surface area contributed by atoms with Crippen molar-refractivity contribution in [3.05, 3.63) is 59.2 Å². The van der Waals surface area contributed by atoms with Gasteiger partial charge in [0.2, 0.25) is 0 Å². The summed E-state index contributed by atoms with van der Waals surface area (Å²) in [5, 5.41) is 9.36. The number of benzene rings is 1. The molecule has 0 aliphatic rings. The van der Waals surface area contributed by atoms with E-state index in [9.17, 15) is 5.26 Å². The smallest absolute Gasteiger partial charge is 0.0684 e. The van der Waals surface area contributed by atoms with Crippen molar-refractivity contribution in [2.45, 2.75) is 80.1 Å². The molecule has 0 spiro atoms. The van der Waals surface area contributed by atoms with Gasteiger partial charge in [-0.2, -0.15) is 5.26 Å². The first-order chi connectivity index (χ1) is 11.8. The third kappa shape index (κ3) is 10.6. The fraction of sp³-hybridized carbons (Fsp3) is 0.542. The molecular weight excluding hydrogens is 302 g/mol. The van der Waals surface area contributed by atoms with Gasteiger partial charge in [-0.1, -0.05) is 67.5 Å². The Labute approximate surface area is 156 Å². The molecule has 1 aromatic rings. The molecular formula is C24H37N. The standard InChI is InChI=1S/C22H31N.C2H6/c1-18(2)10-9-11-19(3)14-15-21(16-22(4,5)17-23)20-12-7-6-8-13-20;1-2/h6-8,10,12-14,21H,9,11,15-16H2,1-5H3;1-2H3/b19-14-;. The summed E-state index contributed by atoms with van der Waals surface area (Å²) >= 11 is 0. The van der Waals surface area contributed by atoms with Gasteiger partial charge in [0.25, 0.3) is 0 Å². The van der Waals surface area contributed by atoms with Crippen LogP contribution < -0.4 is 0 Å². The molecule has 1 nitrogen and oxygen atoms in total. The molecule has 1 rings (SSSR count). The van der Waals surface area contributed by atoms with Crippen LogP contribution in [0.25, 0.3) is 0 Å². The van der Waals surface area contributed by atoms with Crippen molar-refractivity contribution in [1.29, 1.82) is 5.26 Å². The lowest BCUT2D eigenvalue weighted by atomic mass is 9.79. The number of hydrogen-bond donors (Lipinski definition) is 0. The molecule has 0 aliphatic heterocycles. The van der Waals surface area contributed by atoms with Gasteiger partial charge in [0, 0.05) is 0 Å². The molecule has 0 N–H and O–H groups in total. The quantitative estimate of drug-likeness (QED) is 0.443. The predicted octanol–water partition coefficient (Wildman–Crippen LogP) is 7.82. The van der Waals surface area contributed by atoms with Crippen LogP contribution >= 0.6 is 0 Å². The highest BCUT2D eigenvalue weighted by molar-refractivity contribution is 5.22. The summed E-state index contributed by atoms with van der Waals surface area (Å²) in [7, 11) is 0. The summed E-state index contributed by atoms with van der Waals surface area (Å²) in [6, 6.07) is 13.1. The third-order valence-electron chi connectivity index (χ3n) is 4.17. The van der Waals surface area contributed by atoms with Crippen molar-refractivity contribution in [3.63, 3.8) is 0 Å². The lowest BCUT2D eigenvalue weighted by molar-refractivity contribution is 0.400. The minimum Gasteiger partial charge on any atom is -0.198 e. The first-order valence-electron chi connectivity index (χ1n) is 9.59. The molecule has 0 amide bonds. The van der Waals surface area contributed by atoms with E-state index in [1.165, 1.54) is 16.7 Å². The minimum absolute atomic E-state index is 0.287. The molecule has 0 radical (unpaired) electrons. The highest BCUT2D eigenvalue weighted by atomic mass is 14.3. The SMILES string of the molecule is CC.CC(C)=CCC/C(C)=C\CC(CC(C)(C)C#N)c1ccccc1. The van der Waals surface area contributed by atoms with Crippen LogP contribution in [0.2, 0.25) is 0 Å². The first-order valence-corrected chi connectivity index (χ1v) is 9.59. The van der Waals surface area contributed by atoms with Crippen LogP contribution in [0.15, 0.2) is 53.6 Å². The van der Waals surface area contributed by atoms with Crippen LogP contribution in [0.1, 0.15) is 85.6 Å². The van der Waals surface area contributed by atoms with Gasteiger partial charge in [-0.05, 0) is 71.8 Å².